The summed E-state index contributed by atoms with van der Waals surface area (Å²) in [6.07, 6.45) is 9.11. The van der Waals surface area contributed by atoms with Gasteiger partial charge in [0.05, 0.1) is 0 Å². The van der Waals surface area contributed by atoms with Crippen LogP contribution < -0.4 is 0 Å². The highest BCUT2D eigenvalue weighted by atomic mass is 16.1. The lowest BCUT2D eigenvalue weighted by molar-refractivity contribution is 0.291. The van der Waals surface area contributed by atoms with Crippen LogP contribution in [0, 0.1) is 5.92 Å². The monoisotopic (exact) mass is 125 g/mol. The normalized spacial score (nSPS) is 19.1. The maximum Gasteiger partial charge on any atom is 0.198 e. The van der Waals surface area contributed by atoms with E-state index in [9.17, 15) is 4.79 Å². The molecule has 1 aliphatic rings. The molecule has 1 rings (SSSR count). The summed E-state index contributed by atoms with van der Waals surface area (Å²) in [4.78, 5) is 9.77. The third-order valence-electron chi connectivity index (χ3n) is 2.12. The van der Waals surface area contributed by atoms with Crippen molar-refractivity contribution in [3.8, 4) is 0 Å². The molecule has 0 spiro atoms. The van der Waals surface area contributed by atoms with Crippen molar-refractivity contribution in [3.63, 3.8) is 0 Å². The Balaban J connectivity index is 1.85. The van der Waals surface area contributed by atoms with Gasteiger partial charge in [0, 0.05) is 6.42 Å². The molecule has 0 bridgehead atoms. The largest absolute Gasteiger partial charge is 0.291 e. The predicted octanol–water partition coefficient (Wildman–Crippen LogP) is 2.07. The highest BCUT2D eigenvalue weighted by Gasteiger charge is 2.15. The minimum atomic E-state index is 0.649. The van der Waals surface area contributed by atoms with E-state index in [0.29, 0.717) is 6.42 Å². The van der Waals surface area contributed by atoms with Crippen molar-refractivity contribution < 1.29 is 4.79 Å². The Bertz CT molecular complexity index is 84.6. The van der Waals surface area contributed by atoms with Crippen molar-refractivity contribution in [2.24, 2.45) is 5.92 Å². The van der Waals surface area contributed by atoms with Crippen LogP contribution in [0.15, 0.2) is 0 Å². The molecule has 0 unspecified atom stereocenters. The number of hydrogen-bond acceptors (Lipinski definition) is 1. The van der Waals surface area contributed by atoms with E-state index in [2.05, 4.69) is 0 Å². The molecule has 0 aromatic heterocycles. The molecule has 1 nitrogen and oxygen atoms in total. The van der Waals surface area contributed by atoms with Crippen molar-refractivity contribution in [1.82, 2.24) is 0 Å². The lowest BCUT2D eigenvalue weighted by Gasteiger charge is -2.24. The van der Waals surface area contributed by atoms with Gasteiger partial charge in [0.2, 0.25) is 0 Å². The Morgan fingerprint density at radius 3 is 2.67 bits per heavy atom. The van der Waals surface area contributed by atoms with Crippen molar-refractivity contribution in [1.29, 1.82) is 0 Å². The molecule has 1 radical (unpaired) electrons. The standard InChI is InChI=1S/C8H13O/c9-7-2-1-4-8-5-3-6-8/h8H,1-6H2. The fourth-order valence-electron chi connectivity index (χ4n) is 1.24. The molecule has 51 valence electrons. The first-order chi connectivity index (χ1) is 4.43. The summed E-state index contributed by atoms with van der Waals surface area (Å²) in [5.74, 6) is 0.957. The molecule has 0 aliphatic heterocycles. The first-order valence-corrected chi connectivity index (χ1v) is 3.78. The van der Waals surface area contributed by atoms with Gasteiger partial charge in [-0.15, -0.1) is 0 Å². The van der Waals surface area contributed by atoms with E-state index < -0.39 is 0 Å². The van der Waals surface area contributed by atoms with Crippen LogP contribution in [0.2, 0.25) is 0 Å². The second-order valence-electron chi connectivity index (χ2n) is 2.83. The van der Waals surface area contributed by atoms with E-state index in [1.54, 1.807) is 0 Å². The highest BCUT2D eigenvalue weighted by molar-refractivity contribution is 5.50. The van der Waals surface area contributed by atoms with Gasteiger partial charge in [-0.1, -0.05) is 25.7 Å². The van der Waals surface area contributed by atoms with Crippen LogP contribution in [0.25, 0.3) is 0 Å². The van der Waals surface area contributed by atoms with Crippen molar-refractivity contribution in [3.05, 3.63) is 0 Å². The minimum absolute atomic E-state index is 0.649. The molecule has 0 atom stereocenters. The average molecular weight is 125 g/mol. The van der Waals surface area contributed by atoms with Crippen LogP contribution in [0.3, 0.4) is 0 Å². The molecule has 0 amide bonds. The van der Waals surface area contributed by atoms with Crippen molar-refractivity contribution >= 4 is 6.29 Å². The van der Waals surface area contributed by atoms with E-state index >= 15 is 0 Å². The quantitative estimate of drug-likeness (QED) is 0.526. The molecule has 0 saturated heterocycles. The average Bonchev–Trinajstić information content (AvgIpc) is 1.76. The molecule has 0 aromatic rings. The molecule has 1 aliphatic carbocycles. The number of unbranched alkanes of at least 4 members (excludes halogenated alkanes) is 1. The van der Waals surface area contributed by atoms with Crippen molar-refractivity contribution in [2.45, 2.75) is 38.5 Å². The smallest absolute Gasteiger partial charge is 0.198 e. The number of carbonyl (C=O) groups excluding carboxylic acids is 1. The van der Waals surface area contributed by atoms with Gasteiger partial charge in [0.1, 0.15) is 0 Å². The maximum absolute atomic E-state index is 9.77. The first kappa shape index (κ1) is 6.79. The Labute approximate surface area is 56.4 Å². The van der Waals surface area contributed by atoms with E-state index in [-0.39, 0.29) is 0 Å². The summed E-state index contributed by atoms with van der Waals surface area (Å²) in [7, 11) is 0. The lowest BCUT2D eigenvalue weighted by atomic mass is 9.82. The molecule has 1 saturated carbocycles. The zero-order valence-corrected chi connectivity index (χ0v) is 5.73. The predicted molar refractivity (Wildman–Crippen MR) is 36.9 cm³/mol. The van der Waals surface area contributed by atoms with Crippen LogP contribution in [-0.2, 0) is 4.79 Å². The minimum Gasteiger partial charge on any atom is -0.291 e. The summed E-state index contributed by atoms with van der Waals surface area (Å²) in [5.41, 5.74) is 0. The van der Waals surface area contributed by atoms with Crippen LogP contribution in [-0.4, -0.2) is 6.29 Å². The van der Waals surface area contributed by atoms with Crippen molar-refractivity contribution in [2.75, 3.05) is 0 Å². The Morgan fingerprint density at radius 2 is 2.22 bits per heavy atom. The second-order valence-corrected chi connectivity index (χ2v) is 2.83. The molecule has 0 N–H and O–H groups in total. The molecule has 9 heavy (non-hydrogen) atoms. The van der Waals surface area contributed by atoms with Gasteiger partial charge < -0.3 is 0 Å². The summed E-state index contributed by atoms with van der Waals surface area (Å²) in [6.45, 7) is 0. The number of rotatable bonds is 4. The first-order valence-electron chi connectivity index (χ1n) is 3.78. The van der Waals surface area contributed by atoms with Gasteiger partial charge in [0.25, 0.3) is 0 Å². The van der Waals surface area contributed by atoms with Gasteiger partial charge in [-0.05, 0) is 12.3 Å². The van der Waals surface area contributed by atoms with Crippen LogP contribution in [0.5, 0.6) is 0 Å². The topological polar surface area (TPSA) is 17.1 Å². The molecule has 1 heteroatoms. The zero-order valence-electron chi connectivity index (χ0n) is 5.73. The lowest BCUT2D eigenvalue weighted by Crippen LogP contribution is -2.10. The Hall–Kier alpha value is -0.330. The Morgan fingerprint density at radius 1 is 1.44 bits per heavy atom. The molecule has 1 fully saturated rings. The second kappa shape index (κ2) is 3.65. The van der Waals surface area contributed by atoms with E-state index in [4.69, 9.17) is 0 Å². The molecule has 0 aromatic carbocycles. The number of hydrogen-bond donors (Lipinski definition) is 0. The summed E-state index contributed by atoms with van der Waals surface area (Å²) in [5, 5.41) is 0. The van der Waals surface area contributed by atoms with Gasteiger partial charge in [-0.3, -0.25) is 4.79 Å². The van der Waals surface area contributed by atoms with E-state index in [1.165, 1.54) is 25.7 Å². The Kier molecular flexibility index (Phi) is 2.75. The molecule has 0 heterocycles. The summed E-state index contributed by atoms with van der Waals surface area (Å²) < 4.78 is 0. The SMILES string of the molecule is O=[C]CCCC1CCC1. The van der Waals surface area contributed by atoms with Gasteiger partial charge in [-0.25, -0.2) is 0 Å². The zero-order chi connectivity index (χ0) is 6.53. The molecular weight excluding hydrogens is 112 g/mol. The fourth-order valence-corrected chi connectivity index (χ4v) is 1.24. The maximum atomic E-state index is 9.77. The summed E-state index contributed by atoms with van der Waals surface area (Å²) >= 11 is 0. The van der Waals surface area contributed by atoms with Gasteiger partial charge in [0.15, 0.2) is 6.29 Å². The van der Waals surface area contributed by atoms with Crippen LogP contribution in [0.4, 0.5) is 0 Å². The van der Waals surface area contributed by atoms with Gasteiger partial charge in [-0.2, -0.15) is 0 Å². The van der Waals surface area contributed by atoms with Crippen LogP contribution >= 0.6 is 0 Å². The van der Waals surface area contributed by atoms with E-state index in [0.717, 1.165) is 12.3 Å². The highest BCUT2D eigenvalue weighted by Crippen LogP contribution is 2.30. The van der Waals surface area contributed by atoms with E-state index in [1.807, 2.05) is 6.29 Å². The van der Waals surface area contributed by atoms with Gasteiger partial charge >= 0.3 is 0 Å². The summed E-state index contributed by atoms with van der Waals surface area (Å²) in [6, 6.07) is 0. The third kappa shape index (κ3) is 2.17. The molecular formula is C8H13O. The van der Waals surface area contributed by atoms with Crippen LogP contribution in [0.1, 0.15) is 38.5 Å². The third-order valence-corrected chi connectivity index (χ3v) is 2.12. The fraction of sp³-hybridized carbons (Fsp3) is 0.875.